The molecule has 1 saturated heterocycles. The number of nitrogens with one attached hydrogen (secondary N) is 2. The molecule has 9 heteroatoms. The SMILES string of the molecule is O=C1CCC(N2Cc3cc(C[C@H]4C[C@H](O)CC[C@@H]4NC4CCC(F)(F)CC4)ccc3C2=O)C(=O)N1. The Hall–Kier alpha value is -2.39. The molecule has 0 radical (unpaired) electrons. The molecule has 3 amide bonds. The fraction of sp³-hybridized carbons (Fsp3) is 0.654. The Morgan fingerprint density at radius 2 is 1.86 bits per heavy atom. The maximum Gasteiger partial charge on any atom is 0.255 e. The summed E-state index contributed by atoms with van der Waals surface area (Å²) in [6.45, 7) is 0.333. The molecule has 1 aromatic rings. The molecule has 0 spiro atoms. The molecule has 2 saturated carbocycles. The third-order valence-electron chi connectivity index (χ3n) is 8.21. The van der Waals surface area contributed by atoms with Crippen molar-refractivity contribution in [2.45, 2.75) is 101 Å². The quantitative estimate of drug-likeness (QED) is 0.553. The van der Waals surface area contributed by atoms with Gasteiger partial charge in [-0.3, -0.25) is 19.7 Å². The molecule has 35 heavy (non-hydrogen) atoms. The first-order valence-corrected chi connectivity index (χ1v) is 12.8. The van der Waals surface area contributed by atoms with Crippen LogP contribution in [0.4, 0.5) is 8.78 Å². The van der Waals surface area contributed by atoms with Crippen LogP contribution in [-0.4, -0.2) is 57.9 Å². The monoisotopic (exact) mass is 489 g/mol. The second-order valence-electron chi connectivity index (χ2n) is 10.7. The van der Waals surface area contributed by atoms with Crippen LogP contribution in [0, 0.1) is 5.92 Å². The topological polar surface area (TPSA) is 98.7 Å². The third-order valence-corrected chi connectivity index (χ3v) is 8.21. The predicted molar refractivity (Wildman–Crippen MR) is 124 cm³/mol. The first kappa shape index (κ1) is 24.3. The Morgan fingerprint density at radius 3 is 2.60 bits per heavy atom. The average molecular weight is 490 g/mol. The van der Waals surface area contributed by atoms with Crippen LogP contribution in [0.25, 0.3) is 0 Å². The van der Waals surface area contributed by atoms with Gasteiger partial charge in [-0.2, -0.15) is 0 Å². The molecule has 3 N–H and O–H groups in total. The summed E-state index contributed by atoms with van der Waals surface area (Å²) in [4.78, 5) is 38.3. The van der Waals surface area contributed by atoms with Crippen LogP contribution < -0.4 is 10.6 Å². The van der Waals surface area contributed by atoms with E-state index in [-0.39, 0.29) is 55.2 Å². The van der Waals surface area contributed by atoms with Crippen LogP contribution in [0.1, 0.15) is 79.3 Å². The Labute approximate surface area is 203 Å². The van der Waals surface area contributed by atoms with Gasteiger partial charge in [-0.05, 0) is 68.1 Å². The fourth-order valence-electron chi connectivity index (χ4n) is 6.25. The van der Waals surface area contributed by atoms with Gasteiger partial charge in [0.25, 0.3) is 5.91 Å². The van der Waals surface area contributed by atoms with Gasteiger partial charge in [0.05, 0.1) is 6.10 Å². The van der Waals surface area contributed by atoms with Gasteiger partial charge >= 0.3 is 0 Å². The van der Waals surface area contributed by atoms with Crippen LogP contribution in [0.2, 0.25) is 0 Å². The highest BCUT2D eigenvalue weighted by molar-refractivity contribution is 6.05. The summed E-state index contributed by atoms with van der Waals surface area (Å²) in [6.07, 6.45) is 3.86. The van der Waals surface area contributed by atoms with Crippen LogP contribution in [0.15, 0.2) is 18.2 Å². The summed E-state index contributed by atoms with van der Waals surface area (Å²) >= 11 is 0. The summed E-state index contributed by atoms with van der Waals surface area (Å²) < 4.78 is 27.1. The Balaban J connectivity index is 1.26. The van der Waals surface area contributed by atoms with Gasteiger partial charge in [0.1, 0.15) is 6.04 Å². The Kier molecular flexibility index (Phi) is 6.65. The molecule has 1 aromatic carbocycles. The lowest BCUT2D eigenvalue weighted by molar-refractivity contribution is -0.136. The first-order chi connectivity index (χ1) is 16.7. The van der Waals surface area contributed by atoms with Gasteiger partial charge in [0, 0.05) is 43.5 Å². The number of hydrogen-bond donors (Lipinski definition) is 3. The zero-order valence-corrected chi connectivity index (χ0v) is 19.8. The van der Waals surface area contributed by atoms with E-state index in [0.717, 1.165) is 24.0 Å². The third kappa shape index (κ3) is 5.26. The van der Waals surface area contributed by atoms with Crippen molar-refractivity contribution in [3.05, 3.63) is 34.9 Å². The van der Waals surface area contributed by atoms with Crippen molar-refractivity contribution in [2.24, 2.45) is 5.92 Å². The van der Waals surface area contributed by atoms with Crippen molar-refractivity contribution in [3.63, 3.8) is 0 Å². The number of aliphatic hydroxyl groups excluding tert-OH is 1. The minimum absolute atomic E-state index is 0.0762. The van der Waals surface area contributed by atoms with E-state index in [0.29, 0.717) is 44.2 Å². The molecule has 2 heterocycles. The molecule has 4 aliphatic rings. The smallest absolute Gasteiger partial charge is 0.255 e. The molecule has 2 aliphatic heterocycles. The summed E-state index contributed by atoms with van der Waals surface area (Å²) in [5, 5.41) is 16.3. The van der Waals surface area contributed by atoms with Gasteiger partial charge < -0.3 is 15.3 Å². The van der Waals surface area contributed by atoms with Crippen molar-refractivity contribution in [2.75, 3.05) is 0 Å². The zero-order chi connectivity index (χ0) is 24.7. The minimum atomic E-state index is -2.55. The molecule has 0 bridgehead atoms. The van der Waals surface area contributed by atoms with E-state index in [9.17, 15) is 28.3 Å². The normalized spacial score (nSPS) is 31.4. The molecule has 5 rings (SSSR count). The van der Waals surface area contributed by atoms with E-state index in [2.05, 4.69) is 10.6 Å². The number of nitrogens with zero attached hydrogens (tertiary/aromatic N) is 1. The maximum absolute atomic E-state index is 13.6. The number of imide groups is 1. The molecule has 7 nitrogen and oxygen atoms in total. The molecular formula is C26H33F2N3O4. The van der Waals surface area contributed by atoms with Crippen LogP contribution in [0.3, 0.4) is 0 Å². The second-order valence-corrected chi connectivity index (χ2v) is 10.7. The van der Waals surface area contributed by atoms with E-state index in [1.54, 1.807) is 4.90 Å². The standard InChI is InChI=1S/C26H33F2N3O4/c27-26(28)9-7-18(8-10-26)29-21-4-2-19(32)13-16(21)11-15-1-3-20-17(12-15)14-31(25(20)35)22-5-6-23(33)30-24(22)34/h1,3,12,16,18-19,21-22,29,32H,2,4-11,13-14H2,(H,30,33,34)/t16-,19+,21-,22?/m0/s1. The van der Waals surface area contributed by atoms with Gasteiger partial charge in [0.15, 0.2) is 0 Å². The Morgan fingerprint density at radius 1 is 1.09 bits per heavy atom. The number of fused-ring (bicyclic) bond motifs is 1. The molecular weight excluding hydrogens is 456 g/mol. The number of benzene rings is 1. The van der Waals surface area contributed by atoms with Crippen LogP contribution in [-0.2, 0) is 22.6 Å². The highest BCUT2D eigenvalue weighted by Crippen LogP contribution is 2.36. The maximum atomic E-state index is 13.6. The summed E-state index contributed by atoms with van der Waals surface area (Å²) in [5.74, 6) is -3.31. The molecule has 0 aromatic heterocycles. The van der Waals surface area contributed by atoms with Crippen LogP contribution in [0.5, 0.6) is 0 Å². The lowest BCUT2D eigenvalue weighted by Gasteiger charge is -2.39. The summed E-state index contributed by atoms with van der Waals surface area (Å²) in [7, 11) is 0. The van der Waals surface area contributed by atoms with Crippen molar-refractivity contribution >= 4 is 17.7 Å². The van der Waals surface area contributed by atoms with E-state index < -0.39 is 17.9 Å². The van der Waals surface area contributed by atoms with Crippen molar-refractivity contribution < 1.29 is 28.3 Å². The fourth-order valence-corrected chi connectivity index (χ4v) is 6.25. The molecule has 4 atom stereocenters. The number of carbonyl (C=O) groups excluding carboxylic acids is 3. The lowest BCUT2D eigenvalue weighted by atomic mass is 9.78. The van der Waals surface area contributed by atoms with Crippen molar-refractivity contribution in [1.29, 1.82) is 0 Å². The number of alkyl halides is 2. The number of rotatable bonds is 5. The molecule has 2 aliphatic carbocycles. The molecule has 3 fully saturated rings. The van der Waals surface area contributed by atoms with Gasteiger partial charge in [-0.1, -0.05) is 12.1 Å². The van der Waals surface area contributed by atoms with E-state index in [1.165, 1.54) is 0 Å². The number of halogens is 2. The predicted octanol–water partition coefficient (Wildman–Crippen LogP) is 2.69. The van der Waals surface area contributed by atoms with Gasteiger partial charge in [-0.15, -0.1) is 0 Å². The van der Waals surface area contributed by atoms with Crippen molar-refractivity contribution in [1.82, 2.24) is 15.5 Å². The number of hydrogen-bond acceptors (Lipinski definition) is 5. The molecule has 190 valence electrons. The van der Waals surface area contributed by atoms with E-state index in [1.807, 2.05) is 18.2 Å². The summed E-state index contributed by atoms with van der Waals surface area (Å²) in [5.41, 5.74) is 2.51. The lowest BCUT2D eigenvalue weighted by Crippen LogP contribution is -2.52. The second kappa shape index (κ2) is 9.58. The van der Waals surface area contributed by atoms with E-state index >= 15 is 0 Å². The van der Waals surface area contributed by atoms with Crippen molar-refractivity contribution in [3.8, 4) is 0 Å². The van der Waals surface area contributed by atoms with Gasteiger partial charge in [-0.25, -0.2) is 8.78 Å². The minimum Gasteiger partial charge on any atom is -0.393 e. The van der Waals surface area contributed by atoms with Gasteiger partial charge in [0.2, 0.25) is 17.7 Å². The number of aliphatic hydroxyl groups is 1. The number of piperidine rings is 1. The first-order valence-electron chi connectivity index (χ1n) is 12.8. The average Bonchev–Trinajstić information content (AvgIpc) is 3.12. The highest BCUT2D eigenvalue weighted by Gasteiger charge is 2.40. The molecule has 1 unspecified atom stereocenters. The largest absolute Gasteiger partial charge is 0.393 e. The highest BCUT2D eigenvalue weighted by atomic mass is 19.3. The number of carbonyl (C=O) groups is 3. The Bertz CT molecular complexity index is 1010. The zero-order valence-electron chi connectivity index (χ0n) is 19.8. The van der Waals surface area contributed by atoms with E-state index in [4.69, 9.17) is 0 Å². The van der Waals surface area contributed by atoms with Crippen LogP contribution >= 0.6 is 0 Å². The summed E-state index contributed by atoms with van der Waals surface area (Å²) in [6, 6.07) is 5.36. The number of amides is 3.